The van der Waals surface area contributed by atoms with E-state index in [9.17, 15) is 0 Å². The van der Waals surface area contributed by atoms with Crippen molar-refractivity contribution in [1.82, 2.24) is 9.97 Å². The second-order valence-electron chi connectivity index (χ2n) is 3.17. The van der Waals surface area contributed by atoms with Crippen molar-refractivity contribution in [2.45, 2.75) is 6.54 Å². The van der Waals surface area contributed by atoms with E-state index in [1.54, 1.807) is 17.5 Å². The summed E-state index contributed by atoms with van der Waals surface area (Å²) in [5.41, 5.74) is 2.89. The predicted molar refractivity (Wildman–Crippen MR) is 63.5 cm³/mol. The zero-order valence-corrected chi connectivity index (χ0v) is 9.79. The van der Waals surface area contributed by atoms with Gasteiger partial charge in [0, 0.05) is 18.6 Å². The molecule has 78 valence electrons. The lowest BCUT2D eigenvalue weighted by Crippen LogP contribution is -2.17. The highest BCUT2D eigenvalue weighted by Crippen LogP contribution is 2.15. The molecule has 0 saturated heterocycles. The highest BCUT2D eigenvalue weighted by atomic mass is 35.5. The lowest BCUT2D eigenvalue weighted by atomic mass is 10.4. The summed E-state index contributed by atoms with van der Waals surface area (Å²) in [4.78, 5) is 10.5. The van der Waals surface area contributed by atoms with Gasteiger partial charge in [0.15, 0.2) is 0 Å². The van der Waals surface area contributed by atoms with Crippen LogP contribution in [0.3, 0.4) is 0 Å². The van der Waals surface area contributed by atoms with Crippen molar-refractivity contribution >= 4 is 28.8 Å². The topological polar surface area (TPSA) is 29.0 Å². The Labute approximate surface area is 97.4 Å². The number of hydrogen-bond donors (Lipinski definition) is 0. The second-order valence-corrected chi connectivity index (χ2v) is 4.33. The van der Waals surface area contributed by atoms with E-state index in [0.29, 0.717) is 5.02 Å². The van der Waals surface area contributed by atoms with E-state index in [1.165, 1.54) is 0 Å². The van der Waals surface area contributed by atoms with Crippen molar-refractivity contribution in [1.29, 1.82) is 0 Å². The Bertz CT molecular complexity index is 413. The molecule has 0 radical (unpaired) electrons. The molecular weight excluding hydrogens is 230 g/mol. The summed E-state index contributed by atoms with van der Waals surface area (Å²) in [6, 6.07) is 3.73. The smallest absolute Gasteiger partial charge is 0.128 e. The lowest BCUT2D eigenvalue weighted by molar-refractivity contribution is 0.874. The van der Waals surface area contributed by atoms with Crippen LogP contribution in [0.4, 0.5) is 5.82 Å². The summed E-state index contributed by atoms with van der Waals surface area (Å²) in [5, 5.41) is 2.69. The maximum Gasteiger partial charge on any atom is 0.128 e. The fourth-order valence-corrected chi connectivity index (χ4v) is 1.89. The molecule has 0 bridgehead atoms. The van der Waals surface area contributed by atoms with Gasteiger partial charge in [-0.05, 0) is 12.1 Å². The Hall–Kier alpha value is -1.13. The molecule has 0 aliphatic rings. The van der Waals surface area contributed by atoms with Gasteiger partial charge in [-0.3, -0.25) is 0 Å². The molecular formula is C10H10ClN3S. The van der Waals surface area contributed by atoms with E-state index in [0.717, 1.165) is 18.1 Å². The van der Waals surface area contributed by atoms with Gasteiger partial charge in [-0.15, -0.1) is 11.3 Å². The van der Waals surface area contributed by atoms with Crippen molar-refractivity contribution in [2.75, 3.05) is 11.9 Å². The van der Waals surface area contributed by atoms with Crippen molar-refractivity contribution in [3.05, 3.63) is 39.9 Å². The van der Waals surface area contributed by atoms with Gasteiger partial charge in [0.05, 0.1) is 22.8 Å². The fourth-order valence-electron chi connectivity index (χ4n) is 1.23. The number of thiazole rings is 1. The zero-order valence-electron chi connectivity index (χ0n) is 8.22. The Morgan fingerprint density at radius 3 is 2.87 bits per heavy atom. The Kier molecular flexibility index (Phi) is 3.18. The predicted octanol–water partition coefficient (Wildman–Crippen LogP) is 2.83. The Morgan fingerprint density at radius 1 is 1.40 bits per heavy atom. The first-order valence-electron chi connectivity index (χ1n) is 4.45. The van der Waals surface area contributed by atoms with Crippen LogP contribution in [-0.2, 0) is 6.54 Å². The minimum absolute atomic E-state index is 0.654. The standard InChI is InChI=1S/C10H10ClN3S/c1-14(5-9-6-15-7-13-9)10-3-2-8(11)4-12-10/h2-4,6-7H,5H2,1H3. The number of anilines is 1. The molecule has 2 rings (SSSR count). The summed E-state index contributed by atoms with van der Waals surface area (Å²) in [7, 11) is 1.98. The fraction of sp³-hybridized carbons (Fsp3) is 0.200. The maximum absolute atomic E-state index is 5.77. The summed E-state index contributed by atoms with van der Waals surface area (Å²) in [6.07, 6.45) is 1.65. The second kappa shape index (κ2) is 4.59. The highest BCUT2D eigenvalue weighted by Gasteiger charge is 2.04. The van der Waals surface area contributed by atoms with Crippen molar-refractivity contribution in [2.24, 2.45) is 0 Å². The first kappa shape index (κ1) is 10.4. The zero-order chi connectivity index (χ0) is 10.7. The molecule has 0 saturated carbocycles. The Balaban J connectivity index is 2.08. The lowest BCUT2D eigenvalue weighted by Gasteiger charge is -2.16. The average Bonchev–Trinajstić information content (AvgIpc) is 2.71. The number of nitrogens with zero attached hydrogens (tertiary/aromatic N) is 3. The monoisotopic (exact) mass is 239 g/mol. The molecule has 0 amide bonds. The van der Waals surface area contributed by atoms with Gasteiger partial charge in [0.25, 0.3) is 0 Å². The van der Waals surface area contributed by atoms with Gasteiger partial charge in [-0.2, -0.15) is 0 Å². The van der Waals surface area contributed by atoms with Crippen LogP contribution < -0.4 is 4.90 Å². The van der Waals surface area contributed by atoms with Crippen LogP contribution in [0.15, 0.2) is 29.2 Å². The quantitative estimate of drug-likeness (QED) is 0.825. The first-order valence-corrected chi connectivity index (χ1v) is 5.77. The summed E-state index contributed by atoms with van der Waals surface area (Å²) in [5.74, 6) is 0.896. The number of rotatable bonds is 3. The third-order valence-electron chi connectivity index (χ3n) is 1.99. The van der Waals surface area contributed by atoms with Gasteiger partial charge in [-0.1, -0.05) is 11.6 Å². The minimum atomic E-state index is 0.654. The molecule has 0 spiro atoms. The van der Waals surface area contributed by atoms with E-state index >= 15 is 0 Å². The molecule has 2 aromatic heterocycles. The number of aromatic nitrogens is 2. The van der Waals surface area contributed by atoms with Crippen LogP contribution in [0, 0.1) is 0 Å². The molecule has 0 fully saturated rings. The van der Waals surface area contributed by atoms with E-state index < -0.39 is 0 Å². The van der Waals surface area contributed by atoms with E-state index in [2.05, 4.69) is 9.97 Å². The average molecular weight is 240 g/mol. The van der Waals surface area contributed by atoms with Crippen molar-refractivity contribution in [3.63, 3.8) is 0 Å². The van der Waals surface area contributed by atoms with Crippen LogP contribution in [0.5, 0.6) is 0 Å². The Morgan fingerprint density at radius 2 is 2.27 bits per heavy atom. The molecule has 0 aliphatic heterocycles. The molecule has 2 heterocycles. The first-order chi connectivity index (χ1) is 7.25. The van der Waals surface area contributed by atoms with Crippen LogP contribution in [0.2, 0.25) is 5.02 Å². The number of pyridine rings is 1. The van der Waals surface area contributed by atoms with Crippen LogP contribution in [-0.4, -0.2) is 17.0 Å². The van der Waals surface area contributed by atoms with Crippen molar-refractivity contribution < 1.29 is 0 Å². The van der Waals surface area contributed by atoms with E-state index in [-0.39, 0.29) is 0 Å². The summed E-state index contributed by atoms with van der Waals surface area (Å²) < 4.78 is 0. The summed E-state index contributed by atoms with van der Waals surface area (Å²) >= 11 is 7.37. The number of halogens is 1. The molecule has 0 N–H and O–H groups in total. The summed E-state index contributed by atoms with van der Waals surface area (Å²) in [6.45, 7) is 0.762. The van der Waals surface area contributed by atoms with Gasteiger partial charge in [-0.25, -0.2) is 9.97 Å². The third kappa shape index (κ3) is 2.67. The van der Waals surface area contributed by atoms with E-state index in [1.807, 2.05) is 35.0 Å². The largest absolute Gasteiger partial charge is 0.354 e. The molecule has 0 aliphatic carbocycles. The van der Waals surface area contributed by atoms with Gasteiger partial charge >= 0.3 is 0 Å². The van der Waals surface area contributed by atoms with Crippen LogP contribution in [0.25, 0.3) is 0 Å². The normalized spacial score (nSPS) is 10.3. The molecule has 2 aromatic rings. The maximum atomic E-state index is 5.77. The molecule has 0 aromatic carbocycles. The van der Waals surface area contributed by atoms with Gasteiger partial charge in [0.1, 0.15) is 5.82 Å². The molecule has 5 heteroatoms. The molecule has 3 nitrogen and oxygen atoms in total. The van der Waals surface area contributed by atoms with Gasteiger partial charge < -0.3 is 4.90 Å². The third-order valence-corrected chi connectivity index (χ3v) is 2.84. The molecule has 15 heavy (non-hydrogen) atoms. The van der Waals surface area contributed by atoms with Crippen molar-refractivity contribution in [3.8, 4) is 0 Å². The highest BCUT2D eigenvalue weighted by molar-refractivity contribution is 7.07. The minimum Gasteiger partial charge on any atom is -0.354 e. The number of hydrogen-bond acceptors (Lipinski definition) is 4. The molecule has 0 atom stereocenters. The SMILES string of the molecule is CN(Cc1cscn1)c1ccc(Cl)cn1. The van der Waals surface area contributed by atoms with E-state index in [4.69, 9.17) is 11.6 Å². The van der Waals surface area contributed by atoms with Crippen LogP contribution in [0.1, 0.15) is 5.69 Å². The van der Waals surface area contributed by atoms with Crippen LogP contribution >= 0.6 is 22.9 Å². The van der Waals surface area contributed by atoms with Gasteiger partial charge in [0.2, 0.25) is 0 Å². The molecule has 0 unspecified atom stereocenters.